The lowest BCUT2D eigenvalue weighted by Crippen LogP contribution is -2.25. The van der Waals surface area contributed by atoms with Crippen molar-refractivity contribution in [3.8, 4) is 0 Å². The third kappa shape index (κ3) is 5.21. The van der Waals surface area contributed by atoms with Gasteiger partial charge in [-0.2, -0.15) is 11.1 Å². The molecule has 0 unspecified atom stereocenters. The van der Waals surface area contributed by atoms with Crippen LogP contribution in [0.5, 0.6) is 0 Å². The summed E-state index contributed by atoms with van der Waals surface area (Å²) >= 11 is 6.62. The van der Waals surface area contributed by atoms with Crippen LogP contribution >= 0.6 is 11.1 Å². The van der Waals surface area contributed by atoms with Crippen molar-refractivity contribution >= 4 is 18.5 Å². The highest BCUT2D eigenvalue weighted by Gasteiger charge is 2.26. The molecule has 0 radical (unpaired) electrons. The second-order valence-corrected chi connectivity index (χ2v) is 10.1. The molecule has 0 aliphatic heterocycles. The molecule has 2 heteroatoms. The third-order valence-corrected chi connectivity index (χ3v) is 8.29. The molecule has 0 rings (SSSR count). The molecule has 0 aromatic rings. The Morgan fingerprint density at radius 2 is 1.33 bits per heavy atom. The maximum Gasteiger partial charge on any atom is 0.156 e. The van der Waals surface area contributed by atoms with Gasteiger partial charge >= 0.3 is 0 Å². The second-order valence-electron chi connectivity index (χ2n) is 3.71. The Hall–Kier alpha value is 0.507. The van der Waals surface area contributed by atoms with Gasteiger partial charge < -0.3 is 0 Å². The molecule has 0 aliphatic carbocycles. The first-order chi connectivity index (χ1) is 5.68. The molecule has 0 saturated carbocycles. The van der Waals surface area contributed by atoms with Gasteiger partial charge in [0.2, 0.25) is 0 Å². The fourth-order valence-corrected chi connectivity index (χ4v) is 5.20. The third-order valence-electron chi connectivity index (χ3n) is 2.59. The topological polar surface area (TPSA) is 0 Å². The summed E-state index contributed by atoms with van der Waals surface area (Å²) in [5.74, 6) is 0. The molecule has 0 fully saturated rings. The number of hydrogen-bond acceptors (Lipinski definition) is 0. The molecule has 0 amide bonds. The van der Waals surface area contributed by atoms with E-state index in [0.29, 0.717) is 0 Å². The molecule has 0 aromatic carbocycles. The van der Waals surface area contributed by atoms with Crippen molar-refractivity contribution in [1.82, 2.24) is 0 Å². The normalized spacial score (nSPS) is 12.0. The van der Waals surface area contributed by atoms with Gasteiger partial charge in [-0.05, 0) is 18.1 Å². The molecule has 0 aliphatic rings. The van der Waals surface area contributed by atoms with Crippen molar-refractivity contribution in [1.29, 1.82) is 0 Å². The van der Waals surface area contributed by atoms with Crippen LogP contribution in [-0.4, -0.2) is 7.38 Å². The number of halogens is 1. The van der Waals surface area contributed by atoms with E-state index in [0.717, 1.165) is 0 Å². The fraction of sp³-hybridized carbons (Fsp3) is 1.00. The van der Waals surface area contributed by atoms with Gasteiger partial charge in [-0.15, -0.1) is 0 Å². The fourth-order valence-electron chi connectivity index (χ4n) is 1.47. The Kier molecular flexibility index (Phi) is 7.26. The average molecular weight is 207 g/mol. The van der Waals surface area contributed by atoms with Crippen LogP contribution < -0.4 is 0 Å². The summed E-state index contributed by atoms with van der Waals surface area (Å²) in [6.07, 6.45) is 5.28. The Bertz CT molecular complexity index is 96.0. The summed E-state index contributed by atoms with van der Waals surface area (Å²) in [6, 6.07) is 3.93. The van der Waals surface area contributed by atoms with Crippen molar-refractivity contribution in [2.75, 3.05) is 0 Å². The highest BCUT2D eigenvalue weighted by Crippen LogP contribution is 2.29. The molecule has 0 spiro atoms. The Labute approximate surface area is 83.4 Å². The first-order valence-electron chi connectivity index (χ1n) is 5.37. The highest BCUT2D eigenvalue weighted by atomic mass is 35.6. The summed E-state index contributed by atoms with van der Waals surface area (Å²) in [5, 5.41) is 0. The van der Waals surface area contributed by atoms with Gasteiger partial charge in [-0.3, -0.25) is 0 Å². The smallest absolute Gasteiger partial charge is 0.156 e. The SMILES string of the molecule is CCCC[Si](Cl)(CC)CCCC. The van der Waals surface area contributed by atoms with Crippen LogP contribution in [-0.2, 0) is 0 Å². The summed E-state index contributed by atoms with van der Waals surface area (Å²) in [4.78, 5) is 0. The van der Waals surface area contributed by atoms with E-state index in [1.807, 2.05) is 0 Å². The average Bonchev–Trinajstić information content (AvgIpc) is 2.11. The molecule has 0 heterocycles. The van der Waals surface area contributed by atoms with E-state index in [4.69, 9.17) is 11.1 Å². The molecule has 0 aromatic heterocycles. The molecule has 0 nitrogen and oxygen atoms in total. The first kappa shape index (κ1) is 12.5. The van der Waals surface area contributed by atoms with Crippen LogP contribution in [0.2, 0.25) is 18.1 Å². The number of hydrogen-bond donors (Lipinski definition) is 0. The standard InChI is InChI=1S/C10H23ClSi/c1-4-7-9-12(11,6-3)10-8-5-2/h4-10H2,1-3H3. The minimum absolute atomic E-state index is 1.26. The van der Waals surface area contributed by atoms with Gasteiger partial charge in [-0.1, -0.05) is 46.5 Å². The summed E-state index contributed by atoms with van der Waals surface area (Å²) in [5.41, 5.74) is 0. The maximum absolute atomic E-state index is 6.62. The molecule has 0 atom stereocenters. The minimum atomic E-state index is -1.29. The van der Waals surface area contributed by atoms with E-state index in [2.05, 4.69) is 20.8 Å². The van der Waals surface area contributed by atoms with E-state index in [-0.39, 0.29) is 0 Å². The van der Waals surface area contributed by atoms with Crippen molar-refractivity contribution in [2.45, 2.75) is 64.6 Å². The van der Waals surface area contributed by atoms with Crippen LogP contribution in [0.3, 0.4) is 0 Å². The van der Waals surface area contributed by atoms with Crippen molar-refractivity contribution in [3.05, 3.63) is 0 Å². The number of rotatable bonds is 7. The Morgan fingerprint density at radius 1 is 0.917 bits per heavy atom. The van der Waals surface area contributed by atoms with Crippen molar-refractivity contribution < 1.29 is 0 Å². The molecule has 12 heavy (non-hydrogen) atoms. The van der Waals surface area contributed by atoms with E-state index >= 15 is 0 Å². The summed E-state index contributed by atoms with van der Waals surface area (Å²) < 4.78 is 0. The molecule has 0 N–H and O–H groups in total. The largest absolute Gasteiger partial charge is 0.167 e. The Balaban J connectivity index is 3.70. The predicted molar refractivity (Wildman–Crippen MR) is 61.5 cm³/mol. The number of unbranched alkanes of at least 4 members (excludes halogenated alkanes) is 2. The van der Waals surface area contributed by atoms with Gasteiger partial charge in [0, 0.05) is 0 Å². The quantitative estimate of drug-likeness (QED) is 0.415. The van der Waals surface area contributed by atoms with Crippen molar-refractivity contribution in [3.63, 3.8) is 0 Å². The van der Waals surface area contributed by atoms with Crippen LogP contribution in [0.15, 0.2) is 0 Å². The zero-order valence-electron chi connectivity index (χ0n) is 8.83. The van der Waals surface area contributed by atoms with Crippen molar-refractivity contribution in [2.24, 2.45) is 0 Å². The van der Waals surface area contributed by atoms with Crippen LogP contribution in [0.4, 0.5) is 0 Å². The van der Waals surface area contributed by atoms with Crippen LogP contribution in [0.1, 0.15) is 46.5 Å². The lowest BCUT2D eigenvalue weighted by molar-refractivity contribution is 0.832. The molecular formula is C10H23ClSi. The minimum Gasteiger partial charge on any atom is -0.167 e. The van der Waals surface area contributed by atoms with Gasteiger partial charge in [0.1, 0.15) is 0 Å². The zero-order chi connectivity index (χ0) is 9.45. The summed E-state index contributed by atoms with van der Waals surface area (Å²) in [6.45, 7) is 6.77. The van der Waals surface area contributed by atoms with Crippen LogP contribution in [0.25, 0.3) is 0 Å². The highest BCUT2D eigenvalue weighted by molar-refractivity contribution is 7.20. The van der Waals surface area contributed by atoms with Crippen LogP contribution in [0, 0.1) is 0 Å². The van der Waals surface area contributed by atoms with Gasteiger partial charge in [0.25, 0.3) is 0 Å². The predicted octanol–water partition coefficient (Wildman–Crippen LogP) is 4.79. The van der Waals surface area contributed by atoms with E-state index in [1.54, 1.807) is 0 Å². The van der Waals surface area contributed by atoms with E-state index in [1.165, 1.54) is 43.8 Å². The zero-order valence-corrected chi connectivity index (χ0v) is 10.6. The Morgan fingerprint density at radius 3 is 1.58 bits per heavy atom. The van der Waals surface area contributed by atoms with Gasteiger partial charge in [0.05, 0.1) is 0 Å². The molecule has 0 bridgehead atoms. The lowest BCUT2D eigenvalue weighted by Gasteiger charge is -2.22. The lowest BCUT2D eigenvalue weighted by atomic mass is 10.4. The van der Waals surface area contributed by atoms with Gasteiger partial charge in [-0.25, -0.2) is 0 Å². The first-order valence-corrected chi connectivity index (χ1v) is 9.00. The maximum atomic E-state index is 6.62. The van der Waals surface area contributed by atoms with E-state index in [9.17, 15) is 0 Å². The monoisotopic (exact) mass is 206 g/mol. The molecule has 0 saturated heterocycles. The molecule has 74 valence electrons. The second kappa shape index (κ2) is 6.96. The van der Waals surface area contributed by atoms with E-state index < -0.39 is 7.38 Å². The summed E-state index contributed by atoms with van der Waals surface area (Å²) in [7, 11) is -1.29. The molecular weight excluding hydrogens is 184 g/mol. The van der Waals surface area contributed by atoms with Gasteiger partial charge in [0.15, 0.2) is 7.38 Å².